The second-order valence-corrected chi connectivity index (χ2v) is 12.0. The predicted octanol–water partition coefficient (Wildman–Crippen LogP) is 11.0. The Morgan fingerprint density at radius 3 is 1.73 bits per heavy atom. The lowest BCUT2D eigenvalue weighted by molar-refractivity contribution is 0.666. The highest BCUT2D eigenvalue weighted by Gasteiger charge is 2.24. The number of nitrogens with zero attached hydrogens (tertiary/aromatic N) is 4. The molecule has 3 heterocycles. The van der Waals surface area contributed by atoms with Gasteiger partial charge in [0.1, 0.15) is 11.3 Å². The summed E-state index contributed by atoms with van der Waals surface area (Å²) in [5, 5.41) is 6.82. The lowest BCUT2D eigenvalue weighted by atomic mass is 10.0. The monoisotopic (exact) mass is 614 g/mol. The molecular weight excluding hydrogens is 589 g/mol. The van der Waals surface area contributed by atoms with E-state index < -0.39 is 0 Å². The molecule has 7 aromatic carbocycles. The summed E-state index contributed by atoms with van der Waals surface area (Å²) in [4.78, 5) is 15.3. The van der Waals surface area contributed by atoms with Crippen molar-refractivity contribution in [3.8, 4) is 39.9 Å². The maximum Gasteiger partial charge on any atom is 0.166 e. The fourth-order valence-corrected chi connectivity index (χ4v) is 7.00. The van der Waals surface area contributed by atoms with E-state index in [0.29, 0.717) is 17.5 Å². The summed E-state index contributed by atoms with van der Waals surface area (Å²) in [6.07, 6.45) is 0. The first-order valence-electron chi connectivity index (χ1n) is 16.0. The minimum Gasteiger partial charge on any atom is -0.454 e. The van der Waals surface area contributed by atoms with Crippen molar-refractivity contribution in [2.75, 3.05) is 0 Å². The van der Waals surface area contributed by atoms with Crippen LogP contribution in [0.25, 0.3) is 94.4 Å². The Hall–Kier alpha value is -6.59. The van der Waals surface area contributed by atoms with Crippen molar-refractivity contribution >= 4 is 54.5 Å². The fourth-order valence-electron chi connectivity index (χ4n) is 7.00. The molecular formula is C43H26N4O. The summed E-state index contributed by atoms with van der Waals surface area (Å²) in [6.45, 7) is 0. The Balaban J connectivity index is 1.37. The lowest BCUT2D eigenvalue weighted by Gasteiger charge is -2.15. The standard InChI is InChI=1S/C43H26N4O/c1-3-13-27(14-4-1)41-44-42(28-15-5-2-6-16-28)46-43(45-41)34-24-23-33-32-20-10-12-22-38(32)48-40(33)39(34)47-36-21-11-9-19-31(36)35-25-29-17-7-8-18-30(29)26-37(35)47/h1-26H. The van der Waals surface area contributed by atoms with E-state index in [1.165, 1.54) is 21.5 Å². The first-order valence-corrected chi connectivity index (χ1v) is 16.0. The molecule has 0 unspecified atom stereocenters. The molecule has 0 saturated carbocycles. The van der Waals surface area contributed by atoms with Crippen molar-refractivity contribution in [3.63, 3.8) is 0 Å². The molecule has 0 atom stereocenters. The molecule has 5 nitrogen and oxygen atoms in total. The third-order valence-electron chi connectivity index (χ3n) is 9.22. The van der Waals surface area contributed by atoms with Gasteiger partial charge in [-0.05, 0) is 47.2 Å². The molecule has 0 bridgehead atoms. The van der Waals surface area contributed by atoms with E-state index in [1.807, 2.05) is 72.8 Å². The van der Waals surface area contributed by atoms with Gasteiger partial charge < -0.3 is 8.98 Å². The molecule has 224 valence electrons. The minimum absolute atomic E-state index is 0.576. The largest absolute Gasteiger partial charge is 0.454 e. The highest BCUT2D eigenvalue weighted by Crippen LogP contribution is 2.43. The molecule has 0 fully saturated rings. The van der Waals surface area contributed by atoms with E-state index in [0.717, 1.165) is 55.3 Å². The van der Waals surface area contributed by atoms with Gasteiger partial charge in [0.15, 0.2) is 23.1 Å². The van der Waals surface area contributed by atoms with Crippen LogP contribution < -0.4 is 0 Å². The van der Waals surface area contributed by atoms with Crippen molar-refractivity contribution in [3.05, 3.63) is 158 Å². The molecule has 10 rings (SSSR count). The van der Waals surface area contributed by atoms with Gasteiger partial charge in [-0.2, -0.15) is 0 Å². The molecule has 0 spiro atoms. The summed E-state index contributed by atoms with van der Waals surface area (Å²) in [6, 6.07) is 54.4. The van der Waals surface area contributed by atoms with Crippen LogP contribution in [-0.2, 0) is 0 Å². The average Bonchev–Trinajstić information content (AvgIpc) is 3.69. The fraction of sp³-hybridized carbons (Fsp3) is 0. The number of hydrogen-bond donors (Lipinski definition) is 0. The Morgan fingerprint density at radius 1 is 0.417 bits per heavy atom. The van der Waals surface area contributed by atoms with Gasteiger partial charge in [0, 0.05) is 38.2 Å². The Kier molecular flexibility index (Phi) is 5.81. The number of para-hydroxylation sites is 2. The quantitative estimate of drug-likeness (QED) is 0.198. The van der Waals surface area contributed by atoms with Gasteiger partial charge >= 0.3 is 0 Å². The van der Waals surface area contributed by atoms with E-state index in [4.69, 9.17) is 19.4 Å². The summed E-state index contributed by atoms with van der Waals surface area (Å²) < 4.78 is 9.13. The van der Waals surface area contributed by atoms with Crippen LogP contribution in [0.1, 0.15) is 0 Å². The molecule has 3 aromatic heterocycles. The van der Waals surface area contributed by atoms with E-state index in [9.17, 15) is 0 Å². The number of hydrogen-bond acceptors (Lipinski definition) is 4. The van der Waals surface area contributed by atoms with Crippen molar-refractivity contribution in [1.29, 1.82) is 0 Å². The summed E-state index contributed by atoms with van der Waals surface area (Å²) in [7, 11) is 0. The van der Waals surface area contributed by atoms with Crippen molar-refractivity contribution in [2.45, 2.75) is 0 Å². The van der Waals surface area contributed by atoms with Crippen molar-refractivity contribution < 1.29 is 4.42 Å². The molecule has 0 radical (unpaired) electrons. The van der Waals surface area contributed by atoms with Gasteiger partial charge in [0.2, 0.25) is 0 Å². The Morgan fingerprint density at radius 2 is 1.00 bits per heavy atom. The van der Waals surface area contributed by atoms with Gasteiger partial charge in [-0.3, -0.25) is 0 Å². The summed E-state index contributed by atoms with van der Waals surface area (Å²) in [5.74, 6) is 1.80. The Bertz CT molecular complexity index is 2780. The second kappa shape index (κ2) is 10.5. The highest BCUT2D eigenvalue weighted by molar-refractivity contribution is 6.16. The van der Waals surface area contributed by atoms with Gasteiger partial charge in [0.05, 0.1) is 11.0 Å². The van der Waals surface area contributed by atoms with Gasteiger partial charge in [-0.1, -0.05) is 121 Å². The molecule has 0 aliphatic heterocycles. The molecule has 0 N–H and O–H groups in total. The topological polar surface area (TPSA) is 56.7 Å². The average molecular weight is 615 g/mol. The molecule has 0 saturated heterocycles. The number of rotatable bonds is 4. The number of fused-ring (bicyclic) bond motifs is 7. The third-order valence-corrected chi connectivity index (χ3v) is 9.22. The lowest BCUT2D eigenvalue weighted by Crippen LogP contribution is -2.04. The number of aromatic nitrogens is 4. The van der Waals surface area contributed by atoms with E-state index in [2.05, 4.69) is 89.5 Å². The van der Waals surface area contributed by atoms with Crippen LogP contribution in [0, 0.1) is 0 Å². The van der Waals surface area contributed by atoms with E-state index in [-0.39, 0.29) is 0 Å². The van der Waals surface area contributed by atoms with E-state index in [1.54, 1.807) is 0 Å². The van der Waals surface area contributed by atoms with Gasteiger partial charge in [-0.15, -0.1) is 0 Å². The molecule has 0 aliphatic rings. The van der Waals surface area contributed by atoms with Gasteiger partial charge in [0.25, 0.3) is 0 Å². The maximum atomic E-state index is 6.79. The maximum absolute atomic E-state index is 6.79. The van der Waals surface area contributed by atoms with E-state index >= 15 is 0 Å². The summed E-state index contributed by atoms with van der Waals surface area (Å²) in [5.41, 5.74) is 7.39. The highest BCUT2D eigenvalue weighted by atomic mass is 16.3. The zero-order valence-electron chi connectivity index (χ0n) is 25.7. The van der Waals surface area contributed by atoms with Crippen molar-refractivity contribution in [1.82, 2.24) is 19.5 Å². The zero-order chi connectivity index (χ0) is 31.6. The van der Waals surface area contributed by atoms with Gasteiger partial charge in [-0.25, -0.2) is 15.0 Å². The van der Waals surface area contributed by atoms with Crippen LogP contribution in [0.15, 0.2) is 162 Å². The van der Waals surface area contributed by atoms with Crippen LogP contribution in [0.4, 0.5) is 0 Å². The van der Waals surface area contributed by atoms with Crippen LogP contribution in [-0.4, -0.2) is 19.5 Å². The molecule has 5 heteroatoms. The number of benzene rings is 7. The van der Waals surface area contributed by atoms with Crippen LogP contribution in [0.3, 0.4) is 0 Å². The normalized spacial score (nSPS) is 11.8. The van der Waals surface area contributed by atoms with Crippen LogP contribution >= 0.6 is 0 Å². The predicted molar refractivity (Wildman–Crippen MR) is 195 cm³/mol. The third kappa shape index (κ3) is 4.08. The summed E-state index contributed by atoms with van der Waals surface area (Å²) >= 11 is 0. The molecule has 0 aliphatic carbocycles. The SMILES string of the molecule is c1ccc(-c2nc(-c3ccccc3)nc(-c3ccc4c(oc5ccccc54)c3-n3c4ccccc4c4cc5ccccc5cc43)n2)cc1. The first kappa shape index (κ1) is 26.6. The number of furan rings is 1. The zero-order valence-corrected chi connectivity index (χ0v) is 25.7. The smallest absolute Gasteiger partial charge is 0.166 e. The molecule has 10 aromatic rings. The first-order chi connectivity index (χ1) is 23.8. The van der Waals surface area contributed by atoms with Crippen molar-refractivity contribution in [2.24, 2.45) is 0 Å². The Labute approximate surface area is 275 Å². The van der Waals surface area contributed by atoms with Crippen LogP contribution in [0.5, 0.6) is 0 Å². The minimum atomic E-state index is 0.576. The second-order valence-electron chi connectivity index (χ2n) is 12.0. The van der Waals surface area contributed by atoms with Crippen LogP contribution in [0.2, 0.25) is 0 Å². The molecule has 0 amide bonds. The molecule has 48 heavy (non-hydrogen) atoms.